The van der Waals surface area contributed by atoms with Crippen molar-refractivity contribution in [1.29, 1.82) is 0 Å². The molecule has 2 N–H and O–H groups in total. The van der Waals surface area contributed by atoms with Gasteiger partial charge in [0.25, 0.3) is 0 Å². The molecule has 0 saturated heterocycles. The predicted octanol–water partition coefficient (Wildman–Crippen LogP) is 2.07. The summed E-state index contributed by atoms with van der Waals surface area (Å²) in [5.41, 5.74) is 1.19. The summed E-state index contributed by atoms with van der Waals surface area (Å²) in [6.45, 7) is 2.04. The van der Waals surface area contributed by atoms with E-state index in [-0.39, 0.29) is 18.0 Å². The number of hydrogen-bond donors (Lipinski definition) is 2. The van der Waals surface area contributed by atoms with Crippen molar-refractivity contribution in [3.8, 4) is 0 Å². The summed E-state index contributed by atoms with van der Waals surface area (Å²) in [5, 5.41) is 6.17. The number of carbonyl (C=O) groups is 1. The van der Waals surface area contributed by atoms with Crippen LogP contribution in [0.2, 0.25) is 0 Å². The van der Waals surface area contributed by atoms with Gasteiger partial charge < -0.3 is 10.6 Å². The Hall–Kier alpha value is -1.25. The Morgan fingerprint density at radius 2 is 2.12 bits per heavy atom. The lowest BCUT2D eigenvalue weighted by Crippen LogP contribution is -2.45. The van der Waals surface area contributed by atoms with Gasteiger partial charge >= 0.3 is 0 Å². The SMILES string of the molecule is CC1=CC(NC(=O)C2CCCCC2)NC=C1. The normalized spacial score (nSPS) is 25.8. The Balaban J connectivity index is 1.84. The van der Waals surface area contributed by atoms with Gasteiger partial charge in [-0.2, -0.15) is 0 Å². The summed E-state index contributed by atoms with van der Waals surface area (Å²) in [5.74, 6) is 0.437. The molecule has 2 aliphatic rings. The van der Waals surface area contributed by atoms with Crippen molar-refractivity contribution in [3.05, 3.63) is 23.9 Å². The summed E-state index contributed by atoms with van der Waals surface area (Å²) in [6, 6.07) is 0. The van der Waals surface area contributed by atoms with Crippen LogP contribution in [0.5, 0.6) is 0 Å². The smallest absolute Gasteiger partial charge is 0.224 e. The first-order valence-electron chi connectivity index (χ1n) is 6.17. The number of rotatable bonds is 2. The lowest BCUT2D eigenvalue weighted by atomic mass is 9.88. The van der Waals surface area contributed by atoms with Gasteiger partial charge in [-0.15, -0.1) is 0 Å². The van der Waals surface area contributed by atoms with E-state index in [0.29, 0.717) is 0 Å². The molecule has 1 aliphatic heterocycles. The average Bonchev–Trinajstić information content (AvgIpc) is 2.30. The number of hydrogen-bond acceptors (Lipinski definition) is 2. The van der Waals surface area contributed by atoms with Crippen LogP contribution in [0, 0.1) is 5.92 Å². The van der Waals surface area contributed by atoms with Crippen molar-refractivity contribution in [2.24, 2.45) is 5.92 Å². The molecule has 0 radical (unpaired) electrons. The minimum absolute atomic E-state index is 0.0283. The molecule has 16 heavy (non-hydrogen) atoms. The second-order valence-electron chi connectivity index (χ2n) is 4.73. The average molecular weight is 220 g/mol. The largest absolute Gasteiger partial charge is 0.368 e. The van der Waals surface area contributed by atoms with E-state index in [1.165, 1.54) is 24.8 Å². The molecule has 1 aliphatic carbocycles. The summed E-state index contributed by atoms with van der Waals surface area (Å²) in [4.78, 5) is 12.0. The summed E-state index contributed by atoms with van der Waals surface area (Å²) >= 11 is 0. The van der Waals surface area contributed by atoms with E-state index in [4.69, 9.17) is 0 Å². The van der Waals surface area contributed by atoms with Crippen molar-refractivity contribution in [1.82, 2.24) is 10.6 Å². The molecular weight excluding hydrogens is 200 g/mol. The third kappa shape index (κ3) is 2.87. The second-order valence-corrected chi connectivity index (χ2v) is 4.73. The Bertz CT molecular complexity index is 314. The monoisotopic (exact) mass is 220 g/mol. The fourth-order valence-electron chi connectivity index (χ4n) is 2.37. The molecule has 0 aromatic heterocycles. The van der Waals surface area contributed by atoms with Crippen molar-refractivity contribution >= 4 is 5.91 Å². The topological polar surface area (TPSA) is 41.1 Å². The Morgan fingerprint density at radius 3 is 2.81 bits per heavy atom. The molecular formula is C13H20N2O. The van der Waals surface area contributed by atoms with Gasteiger partial charge in [-0.1, -0.05) is 19.3 Å². The van der Waals surface area contributed by atoms with Crippen molar-refractivity contribution in [2.45, 2.75) is 45.2 Å². The molecule has 3 nitrogen and oxygen atoms in total. The van der Waals surface area contributed by atoms with Crippen LogP contribution in [0.25, 0.3) is 0 Å². The van der Waals surface area contributed by atoms with Gasteiger partial charge in [0.1, 0.15) is 6.17 Å². The second kappa shape index (κ2) is 5.19. The van der Waals surface area contributed by atoms with E-state index in [1.54, 1.807) is 0 Å². The molecule has 1 heterocycles. The van der Waals surface area contributed by atoms with E-state index >= 15 is 0 Å². The van der Waals surface area contributed by atoms with Crippen LogP contribution < -0.4 is 10.6 Å². The molecule has 1 fully saturated rings. The first-order chi connectivity index (χ1) is 7.75. The highest BCUT2D eigenvalue weighted by molar-refractivity contribution is 5.79. The van der Waals surface area contributed by atoms with Gasteiger partial charge in [0.2, 0.25) is 5.91 Å². The van der Waals surface area contributed by atoms with E-state index in [0.717, 1.165) is 12.8 Å². The van der Waals surface area contributed by atoms with E-state index in [9.17, 15) is 4.79 Å². The molecule has 2 rings (SSSR count). The van der Waals surface area contributed by atoms with Gasteiger partial charge in [0, 0.05) is 5.92 Å². The summed E-state index contributed by atoms with van der Waals surface area (Å²) < 4.78 is 0. The van der Waals surface area contributed by atoms with Crippen molar-refractivity contribution < 1.29 is 4.79 Å². The van der Waals surface area contributed by atoms with Crippen LogP contribution in [0.3, 0.4) is 0 Å². The molecule has 1 amide bonds. The van der Waals surface area contributed by atoms with Crippen LogP contribution in [-0.4, -0.2) is 12.1 Å². The molecule has 88 valence electrons. The first-order valence-corrected chi connectivity index (χ1v) is 6.17. The molecule has 1 saturated carbocycles. The number of dihydropyridines is 1. The maximum Gasteiger partial charge on any atom is 0.224 e. The maximum atomic E-state index is 12.0. The Kier molecular flexibility index (Phi) is 3.65. The van der Waals surface area contributed by atoms with Crippen LogP contribution >= 0.6 is 0 Å². The number of allylic oxidation sites excluding steroid dienone is 2. The van der Waals surface area contributed by atoms with Crippen LogP contribution in [0.1, 0.15) is 39.0 Å². The summed E-state index contributed by atoms with van der Waals surface area (Å²) in [7, 11) is 0. The van der Waals surface area contributed by atoms with Gasteiger partial charge in [-0.25, -0.2) is 0 Å². The van der Waals surface area contributed by atoms with Gasteiger partial charge in [0.15, 0.2) is 0 Å². The van der Waals surface area contributed by atoms with Gasteiger partial charge in [0.05, 0.1) is 0 Å². The van der Waals surface area contributed by atoms with E-state index in [1.807, 2.05) is 25.3 Å². The molecule has 1 unspecified atom stereocenters. The Morgan fingerprint density at radius 1 is 1.38 bits per heavy atom. The van der Waals surface area contributed by atoms with E-state index < -0.39 is 0 Å². The lowest BCUT2D eigenvalue weighted by molar-refractivity contribution is -0.126. The minimum Gasteiger partial charge on any atom is -0.368 e. The molecule has 0 aromatic carbocycles. The third-order valence-corrected chi connectivity index (χ3v) is 3.33. The van der Waals surface area contributed by atoms with Crippen LogP contribution in [-0.2, 0) is 4.79 Å². The zero-order valence-electron chi connectivity index (χ0n) is 9.83. The summed E-state index contributed by atoms with van der Waals surface area (Å²) in [6.07, 6.45) is 11.7. The fourth-order valence-corrected chi connectivity index (χ4v) is 2.37. The minimum atomic E-state index is -0.0283. The highest BCUT2D eigenvalue weighted by Crippen LogP contribution is 2.23. The number of amides is 1. The van der Waals surface area contributed by atoms with Crippen LogP contribution in [0.15, 0.2) is 23.9 Å². The highest BCUT2D eigenvalue weighted by atomic mass is 16.2. The highest BCUT2D eigenvalue weighted by Gasteiger charge is 2.22. The first kappa shape index (κ1) is 11.2. The fraction of sp³-hybridized carbons (Fsp3) is 0.615. The maximum absolute atomic E-state index is 12.0. The zero-order chi connectivity index (χ0) is 11.4. The molecule has 1 atom stereocenters. The number of nitrogens with one attached hydrogen (secondary N) is 2. The molecule has 0 aromatic rings. The van der Waals surface area contributed by atoms with Gasteiger partial charge in [-0.3, -0.25) is 4.79 Å². The predicted molar refractivity (Wildman–Crippen MR) is 64.5 cm³/mol. The quantitative estimate of drug-likeness (QED) is 0.748. The van der Waals surface area contributed by atoms with Gasteiger partial charge in [-0.05, 0) is 43.7 Å². The third-order valence-electron chi connectivity index (χ3n) is 3.33. The van der Waals surface area contributed by atoms with Crippen LogP contribution in [0.4, 0.5) is 0 Å². The number of carbonyl (C=O) groups excluding carboxylic acids is 1. The molecule has 3 heteroatoms. The zero-order valence-corrected chi connectivity index (χ0v) is 9.83. The van der Waals surface area contributed by atoms with Crippen molar-refractivity contribution in [3.63, 3.8) is 0 Å². The molecule has 0 bridgehead atoms. The molecule has 0 spiro atoms. The standard InChI is InChI=1S/C13H20N2O/c1-10-7-8-14-12(9-10)15-13(16)11-5-3-2-4-6-11/h7-9,11-12,14H,2-6H2,1H3,(H,15,16). The Labute approximate surface area is 97.0 Å². The van der Waals surface area contributed by atoms with Crippen molar-refractivity contribution in [2.75, 3.05) is 0 Å². The lowest BCUT2D eigenvalue weighted by Gasteiger charge is -2.25. The van der Waals surface area contributed by atoms with E-state index in [2.05, 4.69) is 10.6 Å².